The van der Waals surface area contributed by atoms with Gasteiger partial charge in [-0.2, -0.15) is 0 Å². The van der Waals surface area contributed by atoms with E-state index in [1.165, 1.54) is 11.0 Å². The number of allylic oxidation sites excluding steroid dienone is 1. The van der Waals surface area contributed by atoms with Gasteiger partial charge in [-0.1, -0.05) is 5.47 Å². The molecule has 0 spiro atoms. The van der Waals surface area contributed by atoms with Crippen LogP contribution in [0, 0.1) is 6.92 Å². The highest BCUT2D eigenvalue weighted by Crippen LogP contribution is 2.25. The molecule has 1 aliphatic rings. The monoisotopic (exact) mass is 281 g/mol. The van der Waals surface area contributed by atoms with E-state index >= 15 is 0 Å². The highest BCUT2D eigenvalue weighted by molar-refractivity contribution is 6.67. The lowest BCUT2D eigenvalue weighted by Crippen LogP contribution is -2.24. The lowest BCUT2D eigenvalue weighted by atomic mass is 9.65. The predicted molar refractivity (Wildman–Crippen MR) is 84.5 cm³/mol. The topological polar surface area (TPSA) is 77.0 Å². The van der Waals surface area contributed by atoms with Crippen LogP contribution in [-0.4, -0.2) is 23.8 Å². The maximum absolute atomic E-state index is 5.68. The second-order valence-corrected chi connectivity index (χ2v) is 5.15. The largest absolute Gasteiger partial charge is 0.467 e. The maximum atomic E-state index is 5.68. The van der Waals surface area contributed by atoms with Gasteiger partial charge in [0, 0.05) is 0 Å². The van der Waals surface area contributed by atoms with Crippen LogP contribution >= 0.6 is 0 Å². The number of nitrogens with one attached hydrogen (secondary N) is 1. The van der Waals surface area contributed by atoms with Gasteiger partial charge < -0.3 is 15.5 Å². The first kappa shape index (κ1) is 13.9. The van der Waals surface area contributed by atoms with E-state index in [4.69, 9.17) is 10.2 Å². The number of nitrogens with two attached hydrogens (primary N) is 1. The fourth-order valence-corrected chi connectivity index (χ4v) is 2.57. The highest BCUT2D eigenvalue weighted by Gasteiger charge is 2.24. The van der Waals surface area contributed by atoms with Crippen molar-refractivity contribution in [2.45, 2.75) is 26.8 Å². The molecule has 2 aromatic heterocycles. The van der Waals surface area contributed by atoms with Crippen LogP contribution in [0.25, 0.3) is 5.57 Å². The Morgan fingerprint density at radius 3 is 2.90 bits per heavy atom. The SMILES string of the molecule is CC1=C(CCN)[B]c2c(NCc3ccco3)nc(C)nc21. The molecule has 21 heavy (non-hydrogen) atoms. The molecule has 5 nitrogen and oxygen atoms in total. The molecule has 2 aromatic rings. The molecule has 6 heteroatoms. The van der Waals surface area contributed by atoms with E-state index in [1.54, 1.807) is 6.26 Å². The van der Waals surface area contributed by atoms with Crippen molar-refractivity contribution in [3.8, 4) is 0 Å². The van der Waals surface area contributed by atoms with Gasteiger partial charge in [-0.05, 0) is 50.0 Å². The average Bonchev–Trinajstić information content (AvgIpc) is 3.07. The van der Waals surface area contributed by atoms with Crippen LogP contribution in [0.1, 0.15) is 30.6 Å². The molecule has 3 heterocycles. The molecular formula is C15H18BN4O. The van der Waals surface area contributed by atoms with Crippen molar-refractivity contribution >= 4 is 24.1 Å². The molecule has 107 valence electrons. The van der Waals surface area contributed by atoms with Crippen molar-refractivity contribution in [3.63, 3.8) is 0 Å². The van der Waals surface area contributed by atoms with E-state index in [1.807, 2.05) is 19.1 Å². The summed E-state index contributed by atoms with van der Waals surface area (Å²) in [5.74, 6) is 2.49. The van der Waals surface area contributed by atoms with Crippen molar-refractivity contribution in [2.24, 2.45) is 5.73 Å². The zero-order valence-corrected chi connectivity index (χ0v) is 12.3. The summed E-state index contributed by atoms with van der Waals surface area (Å²) in [6.07, 6.45) is 2.53. The van der Waals surface area contributed by atoms with E-state index in [9.17, 15) is 0 Å². The molecule has 3 rings (SSSR count). The number of rotatable bonds is 5. The fourth-order valence-electron chi connectivity index (χ4n) is 2.57. The standard InChI is InChI=1S/C15H18BN4O/c1-9-12(5-6-17)16-13-14(9)19-10(2)20-15(13)18-8-11-4-3-7-21-11/h3-4,7H,5-6,8,17H2,1-2H3,(H,18,19,20). The zero-order valence-electron chi connectivity index (χ0n) is 12.3. The summed E-state index contributed by atoms with van der Waals surface area (Å²) in [6.45, 7) is 5.25. The van der Waals surface area contributed by atoms with E-state index in [-0.39, 0.29) is 0 Å². The Bertz CT molecular complexity index is 679. The molecule has 0 aromatic carbocycles. The number of furan rings is 1. The van der Waals surface area contributed by atoms with Gasteiger partial charge in [0.05, 0.1) is 18.5 Å². The number of anilines is 1. The Kier molecular flexibility index (Phi) is 3.79. The van der Waals surface area contributed by atoms with Crippen LogP contribution in [0.4, 0.5) is 5.82 Å². The average molecular weight is 281 g/mol. The third kappa shape index (κ3) is 2.71. The second kappa shape index (κ2) is 5.73. The molecule has 1 radical (unpaired) electrons. The van der Waals surface area contributed by atoms with Crippen LogP contribution < -0.4 is 16.5 Å². The fraction of sp³-hybridized carbons (Fsp3) is 0.333. The Labute approximate surface area is 124 Å². The minimum Gasteiger partial charge on any atom is -0.467 e. The van der Waals surface area contributed by atoms with E-state index in [0.29, 0.717) is 13.1 Å². The minimum absolute atomic E-state index is 0.606. The molecule has 0 unspecified atom stereocenters. The number of hydrogen-bond acceptors (Lipinski definition) is 5. The molecular weight excluding hydrogens is 263 g/mol. The van der Waals surface area contributed by atoms with Crippen molar-refractivity contribution in [2.75, 3.05) is 11.9 Å². The van der Waals surface area contributed by atoms with Gasteiger partial charge in [0.2, 0.25) is 0 Å². The summed E-state index contributed by atoms with van der Waals surface area (Å²) in [5, 5.41) is 3.34. The minimum atomic E-state index is 0.606. The summed E-state index contributed by atoms with van der Waals surface area (Å²) in [4.78, 5) is 9.09. The third-order valence-electron chi connectivity index (χ3n) is 3.64. The molecule has 1 aliphatic heterocycles. The normalized spacial score (nSPS) is 13.3. The first-order chi connectivity index (χ1) is 10.2. The van der Waals surface area contributed by atoms with Gasteiger partial charge in [-0.25, -0.2) is 9.97 Å². The summed E-state index contributed by atoms with van der Waals surface area (Å²) < 4.78 is 5.34. The van der Waals surface area contributed by atoms with Crippen molar-refractivity contribution in [3.05, 3.63) is 41.1 Å². The number of aromatic nitrogens is 2. The van der Waals surface area contributed by atoms with E-state index in [2.05, 4.69) is 29.5 Å². The Morgan fingerprint density at radius 1 is 1.33 bits per heavy atom. The first-order valence-corrected chi connectivity index (χ1v) is 7.09. The van der Waals surface area contributed by atoms with Crippen LogP contribution in [0.3, 0.4) is 0 Å². The molecule has 3 N–H and O–H groups in total. The number of fused-ring (bicyclic) bond motifs is 1. The maximum Gasteiger partial charge on any atom is 0.194 e. The van der Waals surface area contributed by atoms with Gasteiger partial charge in [-0.3, -0.25) is 0 Å². The Morgan fingerprint density at radius 2 is 2.19 bits per heavy atom. The summed E-state index contributed by atoms with van der Waals surface area (Å²) in [6, 6.07) is 3.82. The summed E-state index contributed by atoms with van der Waals surface area (Å²) >= 11 is 0. The van der Waals surface area contributed by atoms with Crippen LogP contribution in [0.15, 0.2) is 28.3 Å². The van der Waals surface area contributed by atoms with Crippen LogP contribution in [0.5, 0.6) is 0 Å². The lowest BCUT2D eigenvalue weighted by molar-refractivity contribution is 0.518. The Hall–Kier alpha value is -2.08. The van der Waals surface area contributed by atoms with Crippen molar-refractivity contribution in [1.82, 2.24) is 9.97 Å². The molecule has 0 bridgehead atoms. The van der Waals surface area contributed by atoms with Crippen molar-refractivity contribution in [1.29, 1.82) is 0 Å². The molecule has 0 saturated carbocycles. The van der Waals surface area contributed by atoms with E-state index in [0.717, 1.165) is 35.0 Å². The van der Waals surface area contributed by atoms with E-state index < -0.39 is 0 Å². The number of aryl methyl sites for hydroxylation is 1. The molecule has 0 saturated heterocycles. The smallest absolute Gasteiger partial charge is 0.194 e. The summed E-state index contributed by atoms with van der Waals surface area (Å²) in [7, 11) is 2.14. The summed E-state index contributed by atoms with van der Waals surface area (Å²) in [5.41, 5.74) is 10.2. The van der Waals surface area contributed by atoms with Gasteiger partial charge in [0.25, 0.3) is 0 Å². The quantitative estimate of drug-likeness (QED) is 0.810. The van der Waals surface area contributed by atoms with Crippen LogP contribution in [0.2, 0.25) is 0 Å². The Balaban J connectivity index is 1.87. The van der Waals surface area contributed by atoms with Gasteiger partial charge in [-0.15, -0.1) is 0 Å². The zero-order chi connectivity index (χ0) is 14.8. The number of hydrogen-bond donors (Lipinski definition) is 2. The molecule has 0 atom stereocenters. The first-order valence-electron chi connectivity index (χ1n) is 7.09. The second-order valence-electron chi connectivity index (χ2n) is 5.15. The predicted octanol–water partition coefficient (Wildman–Crippen LogP) is 1.41. The van der Waals surface area contributed by atoms with Crippen LogP contribution in [-0.2, 0) is 6.54 Å². The van der Waals surface area contributed by atoms with Gasteiger partial charge in [0.1, 0.15) is 17.4 Å². The molecule has 0 fully saturated rings. The van der Waals surface area contributed by atoms with Gasteiger partial charge >= 0.3 is 0 Å². The molecule has 0 aliphatic carbocycles. The van der Waals surface area contributed by atoms with Gasteiger partial charge in [0.15, 0.2) is 7.28 Å². The molecule has 0 amide bonds. The highest BCUT2D eigenvalue weighted by atomic mass is 16.3. The van der Waals surface area contributed by atoms with Crippen molar-refractivity contribution < 1.29 is 4.42 Å². The number of nitrogens with zero attached hydrogens (tertiary/aromatic N) is 2. The lowest BCUT2D eigenvalue weighted by Gasteiger charge is -2.11. The third-order valence-corrected chi connectivity index (χ3v) is 3.64.